The summed E-state index contributed by atoms with van der Waals surface area (Å²) in [5, 5.41) is 2.95. The third-order valence-corrected chi connectivity index (χ3v) is 5.61. The Kier molecular flexibility index (Phi) is 4.09. The molecule has 0 aromatic rings. The van der Waals surface area contributed by atoms with Crippen LogP contribution < -0.4 is 0 Å². The second-order valence-corrected chi connectivity index (χ2v) is 7.73. The van der Waals surface area contributed by atoms with Crippen molar-refractivity contribution in [3.63, 3.8) is 0 Å². The Morgan fingerprint density at radius 2 is 1.50 bits per heavy atom. The number of hydrogen-bond donors (Lipinski definition) is 0. The molecule has 0 spiro atoms. The van der Waals surface area contributed by atoms with Crippen molar-refractivity contribution in [1.82, 2.24) is 0 Å². The molecule has 0 bridgehead atoms. The third kappa shape index (κ3) is 2.78. The van der Waals surface area contributed by atoms with E-state index in [4.69, 9.17) is 0 Å². The van der Waals surface area contributed by atoms with Crippen LogP contribution in [-0.2, 0) is 0 Å². The summed E-state index contributed by atoms with van der Waals surface area (Å²) in [6.07, 6.45) is 0. The molecular formula is C5H13As. The fourth-order valence-corrected chi connectivity index (χ4v) is 1.16. The van der Waals surface area contributed by atoms with Crippen molar-refractivity contribution >= 4 is 14.7 Å². The summed E-state index contributed by atoms with van der Waals surface area (Å²) in [6.45, 7) is 4.59. The van der Waals surface area contributed by atoms with E-state index < -0.39 is 0 Å². The molecule has 0 rings (SSSR count). The molecule has 0 unspecified atom stereocenters. The molecule has 0 radical (unpaired) electrons. The second-order valence-electron chi connectivity index (χ2n) is 1.49. The average Bonchev–Trinajstić information content (AvgIpc) is 1.65. The SMILES string of the molecule is CC[As](C)CC. The Labute approximate surface area is 45.2 Å². The van der Waals surface area contributed by atoms with Gasteiger partial charge in [0.1, 0.15) is 0 Å². The van der Waals surface area contributed by atoms with E-state index in [1.807, 2.05) is 0 Å². The summed E-state index contributed by atoms with van der Waals surface area (Å²) in [7, 11) is 0. The fourth-order valence-electron chi connectivity index (χ4n) is 0.224. The zero-order valence-corrected chi connectivity index (χ0v) is 6.74. The summed E-state index contributed by atoms with van der Waals surface area (Å²) in [4.78, 5) is 0. The fraction of sp³-hybridized carbons (Fsp3) is 1.00. The first-order valence-electron chi connectivity index (χ1n) is 2.49. The van der Waals surface area contributed by atoms with E-state index >= 15 is 0 Å². The zero-order valence-electron chi connectivity index (χ0n) is 4.86. The molecule has 0 N–H and O–H groups in total. The standard InChI is InChI=1S/C5H13As/c1-4-6(3)5-2/h4-5H2,1-3H3. The number of rotatable bonds is 2. The molecule has 0 aliphatic rings. The first kappa shape index (κ1) is 6.56. The van der Waals surface area contributed by atoms with Gasteiger partial charge in [0.25, 0.3) is 0 Å². The molecule has 0 heterocycles. The van der Waals surface area contributed by atoms with Crippen LogP contribution >= 0.6 is 0 Å². The molecule has 6 heavy (non-hydrogen) atoms. The predicted molar refractivity (Wildman–Crippen MR) is 32.6 cm³/mol. The molecule has 1 heteroatoms. The van der Waals surface area contributed by atoms with E-state index in [9.17, 15) is 0 Å². The van der Waals surface area contributed by atoms with Crippen molar-refractivity contribution in [1.29, 1.82) is 0 Å². The minimum atomic E-state index is -0.215. The van der Waals surface area contributed by atoms with Crippen molar-refractivity contribution in [3.8, 4) is 0 Å². The molecule has 0 atom stereocenters. The normalized spacial score (nSPS) is 10.0. The summed E-state index contributed by atoms with van der Waals surface area (Å²) in [5.74, 6) is 0. The maximum atomic E-state index is 2.42. The third-order valence-electron chi connectivity index (χ3n) is 1.08. The van der Waals surface area contributed by atoms with Gasteiger partial charge in [-0.1, -0.05) is 0 Å². The molecular weight excluding hydrogens is 135 g/mol. The molecule has 0 saturated heterocycles. The Morgan fingerprint density at radius 3 is 1.50 bits per heavy atom. The Balaban J connectivity index is 2.75. The summed E-state index contributed by atoms with van der Waals surface area (Å²) in [5.41, 5.74) is 2.42. The van der Waals surface area contributed by atoms with Gasteiger partial charge < -0.3 is 0 Å². The van der Waals surface area contributed by atoms with E-state index in [1.165, 1.54) is 10.4 Å². The van der Waals surface area contributed by atoms with E-state index in [-0.39, 0.29) is 14.7 Å². The first-order chi connectivity index (χ1) is 2.81. The van der Waals surface area contributed by atoms with Crippen molar-refractivity contribution in [2.45, 2.75) is 30.0 Å². The van der Waals surface area contributed by atoms with Gasteiger partial charge in [-0.05, 0) is 0 Å². The van der Waals surface area contributed by atoms with Gasteiger partial charge in [0, 0.05) is 0 Å². The molecule has 0 aromatic heterocycles. The summed E-state index contributed by atoms with van der Waals surface area (Å²) >= 11 is -0.215. The van der Waals surface area contributed by atoms with Gasteiger partial charge in [-0.2, -0.15) is 0 Å². The zero-order chi connectivity index (χ0) is 4.99. The summed E-state index contributed by atoms with van der Waals surface area (Å²) < 4.78 is 0. The molecule has 38 valence electrons. The predicted octanol–water partition coefficient (Wildman–Crippen LogP) is 2.15. The summed E-state index contributed by atoms with van der Waals surface area (Å²) in [6, 6.07) is 0. The van der Waals surface area contributed by atoms with Crippen LogP contribution in [0.15, 0.2) is 0 Å². The van der Waals surface area contributed by atoms with Crippen LogP contribution in [0.1, 0.15) is 13.8 Å². The van der Waals surface area contributed by atoms with Gasteiger partial charge in [-0.3, -0.25) is 0 Å². The van der Waals surface area contributed by atoms with Crippen molar-refractivity contribution in [2.24, 2.45) is 0 Å². The van der Waals surface area contributed by atoms with Gasteiger partial charge in [-0.15, -0.1) is 0 Å². The Bertz CT molecular complexity index is 23.1. The van der Waals surface area contributed by atoms with Gasteiger partial charge in [0.15, 0.2) is 0 Å². The molecule has 0 aromatic carbocycles. The van der Waals surface area contributed by atoms with Crippen molar-refractivity contribution in [2.75, 3.05) is 0 Å². The average molecular weight is 148 g/mol. The molecule has 0 fully saturated rings. The monoisotopic (exact) mass is 148 g/mol. The molecule has 0 nitrogen and oxygen atoms in total. The van der Waals surface area contributed by atoms with Crippen LogP contribution in [0.5, 0.6) is 0 Å². The maximum absolute atomic E-state index is 2.42. The van der Waals surface area contributed by atoms with Crippen LogP contribution in [0.25, 0.3) is 0 Å². The van der Waals surface area contributed by atoms with Gasteiger partial charge in [0.05, 0.1) is 0 Å². The molecule has 0 saturated carbocycles. The topological polar surface area (TPSA) is 0 Å². The van der Waals surface area contributed by atoms with Crippen molar-refractivity contribution in [3.05, 3.63) is 0 Å². The minimum absolute atomic E-state index is 0.215. The Morgan fingerprint density at radius 1 is 1.17 bits per heavy atom. The molecule has 0 aliphatic carbocycles. The van der Waals surface area contributed by atoms with E-state index in [1.54, 1.807) is 0 Å². The van der Waals surface area contributed by atoms with Crippen LogP contribution in [0.3, 0.4) is 0 Å². The van der Waals surface area contributed by atoms with Gasteiger partial charge >= 0.3 is 44.6 Å². The van der Waals surface area contributed by atoms with Crippen LogP contribution in [-0.4, -0.2) is 14.7 Å². The first-order valence-corrected chi connectivity index (χ1v) is 7.02. The van der Waals surface area contributed by atoms with Crippen molar-refractivity contribution < 1.29 is 0 Å². The molecule has 0 aliphatic heterocycles. The van der Waals surface area contributed by atoms with Crippen LogP contribution in [0.4, 0.5) is 0 Å². The van der Waals surface area contributed by atoms with E-state index in [2.05, 4.69) is 19.6 Å². The quantitative estimate of drug-likeness (QED) is 0.526. The second kappa shape index (κ2) is 3.74. The Hall–Kier alpha value is 0.558. The van der Waals surface area contributed by atoms with Crippen LogP contribution in [0, 0.1) is 0 Å². The van der Waals surface area contributed by atoms with E-state index in [0.717, 1.165) is 0 Å². The molecule has 0 amide bonds. The van der Waals surface area contributed by atoms with E-state index in [0.29, 0.717) is 0 Å². The number of hydrogen-bond acceptors (Lipinski definition) is 0. The van der Waals surface area contributed by atoms with Gasteiger partial charge in [0.2, 0.25) is 0 Å². The van der Waals surface area contributed by atoms with Crippen LogP contribution in [0.2, 0.25) is 16.1 Å². The van der Waals surface area contributed by atoms with Gasteiger partial charge in [-0.25, -0.2) is 0 Å².